The predicted octanol–water partition coefficient (Wildman–Crippen LogP) is 2.89. The van der Waals surface area contributed by atoms with E-state index in [4.69, 9.17) is 4.74 Å². The number of carbonyl (C=O) groups excluding carboxylic acids is 1. The van der Waals surface area contributed by atoms with Crippen molar-refractivity contribution in [3.05, 3.63) is 29.8 Å². The van der Waals surface area contributed by atoms with Crippen molar-refractivity contribution in [2.24, 2.45) is 0 Å². The van der Waals surface area contributed by atoms with Crippen LogP contribution in [0.2, 0.25) is 0 Å². The van der Waals surface area contributed by atoms with Gasteiger partial charge in [-0.15, -0.1) is 0 Å². The number of carbonyl (C=O) groups is 1. The molecular weight excluding hydrogens is 226 g/mol. The molecular formula is C15H21NO2. The minimum absolute atomic E-state index is 0.217. The van der Waals surface area contributed by atoms with Gasteiger partial charge in [0.15, 0.2) is 5.78 Å². The summed E-state index contributed by atoms with van der Waals surface area (Å²) in [5.41, 5.74) is 1.87. The van der Waals surface area contributed by atoms with Gasteiger partial charge in [-0.3, -0.25) is 4.79 Å². The van der Waals surface area contributed by atoms with E-state index in [1.165, 1.54) is 0 Å². The van der Waals surface area contributed by atoms with Crippen molar-refractivity contribution in [1.82, 2.24) is 0 Å². The molecule has 0 spiro atoms. The van der Waals surface area contributed by atoms with Gasteiger partial charge in [-0.1, -0.05) is 12.1 Å². The highest BCUT2D eigenvalue weighted by Gasteiger charge is 2.17. The third kappa shape index (κ3) is 3.33. The summed E-state index contributed by atoms with van der Waals surface area (Å²) in [5, 5.41) is 0. The summed E-state index contributed by atoms with van der Waals surface area (Å²) in [7, 11) is 3.96. The highest BCUT2D eigenvalue weighted by Crippen LogP contribution is 2.20. The Morgan fingerprint density at radius 1 is 1.44 bits per heavy atom. The van der Waals surface area contributed by atoms with Gasteiger partial charge in [0.05, 0.1) is 6.10 Å². The normalized spacial score (nSPS) is 18.9. The molecule has 3 nitrogen and oxygen atoms in total. The van der Waals surface area contributed by atoms with Gasteiger partial charge in [-0.05, 0) is 31.4 Å². The number of benzene rings is 1. The topological polar surface area (TPSA) is 29.5 Å². The number of anilines is 1. The van der Waals surface area contributed by atoms with Crippen molar-refractivity contribution < 1.29 is 9.53 Å². The number of hydrogen-bond acceptors (Lipinski definition) is 3. The molecule has 0 amide bonds. The zero-order chi connectivity index (χ0) is 13.0. The van der Waals surface area contributed by atoms with Crippen molar-refractivity contribution in [3.8, 4) is 0 Å². The van der Waals surface area contributed by atoms with Crippen LogP contribution in [0.1, 0.15) is 36.0 Å². The number of ether oxygens (including phenoxy) is 1. The molecule has 0 aliphatic carbocycles. The van der Waals surface area contributed by atoms with E-state index in [1.807, 2.05) is 43.3 Å². The third-order valence-corrected chi connectivity index (χ3v) is 3.40. The zero-order valence-corrected chi connectivity index (χ0v) is 11.2. The smallest absolute Gasteiger partial charge is 0.163 e. The van der Waals surface area contributed by atoms with Gasteiger partial charge in [0.1, 0.15) is 0 Å². The van der Waals surface area contributed by atoms with Gasteiger partial charge in [-0.25, -0.2) is 0 Å². The average molecular weight is 247 g/mol. The summed E-state index contributed by atoms with van der Waals surface area (Å²) in [6.45, 7) is 0.856. The molecule has 1 fully saturated rings. The third-order valence-electron chi connectivity index (χ3n) is 3.40. The molecule has 1 aliphatic rings. The Morgan fingerprint density at radius 3 is 2.94 bits per heavy atom. The lowest BCUT2D eigenvalue weighted by molar-refractivity contribution is 0.0859. The maximum absolute atomic E-state index is 12.1. The van der Waals surface area contributed by atoms with Gasteiger partial charge < -0.3 is 9.64 Å². The van der Waals surface area contributed by atoms with Crippen LogP contribution in [0.15, 0.2) is 24.3 Å². The molecule has 18 heavy (non-hydrogen) atoms. The Labute approximate surface area is 109 Å². The molecule has 1 aromatic rings. The Balaban J connectivity index is 1.93. The molecule has 0 bridgehead atoms. The van der Waals surface area contributed by atoms with Gasteiger partial charge in [0.2, 0.25) is 0 Å². The van der Waals surface area contributed by atoms with Crippen LogP contribution < -0.4 is 4.90 Å². The van der Waals surface area contributed by atoms with Crippen molar-refractivity contribution in [2.75, 3.05) is 25.6 Å². The fraction of sp³-hybridized carbons (Fsp3) is 0.533. The number of hydrogen-bond donors (Lipinski definition) is 0. The summed E-state index contributed by atoms with van der Waals surface area (Å²) < 4.78 is 5.54. The predicted molar refractivity (Wildman–Crippen MR) is 73.3 cm³/mol. The van der Waals surface area contributed by atoms with Gasteiger partial charge in [0, 0.05) is 38.4 Å². The monoisotopic (exact) mass is 247 g/mol. The number of rotatable bonds is 5. The van der Waals surface area contributed by atoms with E-state index < -0.39 is 0 Å². The molecule has 1 aromatic carbocycles. The second-order valence-corrected chi connectivity index (χ2v) is 5.04. The summed E-state index contributed by atoms with van der Waals surface area (Å²) >= 11 is 0. The largest absolute Gasteiger partial charge is 0.378 e. The lowest BCUT2D eigenvalue weighted by Crippen LogP contribution is -2.11. The first-order chi connectivity index (χ1) is 8.66. The summed E-state index contributed by atoms with van der Waals surface area (Å²) in [5.74, 6) is 0.217. The van der Waals surface area contributed by atoms with E-state index >= 15 is 0 Å². The van der Waals surface area contributed by atoms with Crippen LogP contribution in [0, 0.1) is 0 Å². The quantitative estimate of drug-likeness (QED) is 0.749. The van der Waals surface area contributed by atoms with E-state index in [9.17, 15) is 4.79 Å². The molecule has 98 valence electrons. The maximum atomic E-state index is 12.1. The van der Waals surface area contributed by atoms with E-state index in [0.29, 0.717) is 12.5 Å². The summed E-state index contributed by atoms with van der Waals surface area (Å²) in [6, 6.07) is 7.80. The van der Waals surface area contributed by atoms with Crippen LogP contribution in [-0.2, 0) is 4.74 Å². The fourth-order valence-electron chi connectivity index (χ4n) is 2.27. The van der Waals surface area contributed by atoms with Gasteiger partial charge >= 0.3 is 0 Å². The first kappa shape index (κ1) is 13.1. The molecule has 1 atom stereocenters. The van der Waals surface area contributed by atoms with Crippen LogP contribution in [0.25, 0.3) is 0 Å². The minimum atomic E-state index is 0.217. The number of nitrogens with zero attached hydrogens (tertiary/aromatic N) is 1. The highest BCUT2D eigenvalue weighted by molar-refractivity contribution is 5.96. The van der Waals surface area contributed by atoms with Crippen molar-refractivity contribution in [3.63, 3.8) is 0 Å². The molecule has 1 heterocycles. The molecule has 0 N–H and O–H groups in total. The Morgan fingerprint density at radius 2 is 2.28 bits per heavy atom. The summed E-state index contributed by atoms with van der Waals surface area (Å²) in [4.78, 5) is 14.1. The van der Waals surface area contributed by atoms with Gasteiger partial charge in [0.25, 0.3) is 0 Å². The van der Waals surface area contributed by atoms with Crippen LogP contribution in [0.4, 0.5) is 5.69 Å². The van der Waals surface area contributed by atoms with Crippen molar-refractivity contribution >= 4 is 11.5 Å². The molecule has 1 aliphatic heterocycles. The molecule has 2 rings (SSSR count). The van der Waals surface area contributed by atoms with Crippen LogP contribution in [0.5, 0.6) is 0 Å². The standard InChI is InChI=1S/C15H21NO2/c1-16(2)13-6-3-5-12(11-13)15(17)9-8-14-7-4-10-18-14/h3,5-6,11,14H,4,7-10H2,1-2H3. The second-order valence-electron chi connectivity index (χ2n) is 5.04. The number of ketones is 1. The molecule has 0 aromatic heterocycles. The number of Topliss-reactive ketones (excluding diaryl/α,β-unsaturated/α-hetero) is 1. The molecule has 0 radical (unpaired) electrons. The molecule has 0 saturated carbocycles. The summed E-state index contributed by atoms with van der Waals surface area (Å²) in [6.07, 6.45) is 3.97. The van der Waals surface area contributed by atoms with E-state index in [2.05, 4.69) is 0 Å². The van der Waals surface area contributed by atoms with E-state index in [1.54, 1.807) is 0 Å². The maximum Gasteiger partial charge on any atom is 0.163 e. The first-order valence-electron chi connectivity index (χ1n) is 6.59. The average Bonchev–Trinajstić information content (AvgIpc) is 2.89. The molecule has 3 heteroatoms. The first-order valence-corrected chi connectivity index (χ1v) is 6.59. The van der Waals surface area contributed by atoms with Crippen LogP contribution in [0.3, 0.4) is 0 Å². The second kappa shape index (κ2) is 6.01. The zero-order valence-electron chi connectivity index (χ0n) is 11.2. The van der Waals surface area contributed by atoms with Crippen LogP contribution >= 0.6 is 0 Å². The lowest BCUT2D eigenvalue weighted by atomic mass is 10.0. The Hall–Kier alpha value is -1.35. The van der Waals surface area contributed by atoms with Gasteiger partial charge in [-0.2, -0.15) is 0 Å². The molecule has 1 saturated heterocycles. The minimum Gasteiger partial charge on any atom is -0.378 e. The Bertz CT molecular complexity index is 409. The Kier molecular flexibility index (Phi) is 4.37. The lowest BCUT2D eigenvalue weighted by Gasteiger charge is -2.13. The fourth-order valence-corrected chi connectivity index (χ4v) is 2.27. The van der Waals surface area contributed by atoms with Crippen molar-refractivity contribution in [1.29, 1.82) is 0 Å². The van der Waals surface area contributed by atoms with E-state index in [0.717, 1.165) is 37.1 Å². The van der Waals surface area contributed by atoms with Crippen molar-refractivity contribution in [2.45, 2.75) is 31.8 Å². The van der Waals surface area contributed by atoms with Crippen LogP contribution in [-0.4, -0.2) is 32.6 Å². The highest BCUT2D eigenvalue weighted by atomic mass is 16.5. The van der Waals surface area contributed by atoms with E-state index in [-0.39, 0.29) is 5.78 Å². The molecule has 1 unspecified atom stereocenters. The SMILES string of the molecule is CN(C)c1cccc(C(=O)CCC2CCCO2)c1.